The quantitative estimate of drug-likeness (QED) is 0.524. The highest BCUT2D eigenvalue weighted by Gasteiger charge is 2.31. The average Bonchev–Trinajstić information content (AvgIpc) is 3.57. The molecule has 7 nitrogen and oxygen atoms in total. The number of rotatable bonds is 8. The summed E-state index contributed by atoms with van der Waals surface area (Å²) in [5, 5.41) is 12.1. The monoisotopic (exact) mass is 454 g/mol. The number of carbonyl (C=O) groups excluding carboxylic acids is 1. The smallest absolute Gasteiger partial charge is 0.230 e. The standard InChI is InChI=1S/C23H23FN4O3S/c24-18-4-2-1-3-17(18)22-26-27-23(28(22)16-6-7-16)32-14-21(29)25-10-9-15-5-8-19-20(13-15)31-12-11-30-19/h1-5,8,13,16H,6-7,9-12,14H2,(H,25,29). The third-order valence-corrected chi connectivity index (χ3v) is 6.31. The molecule has 166 valence electrons. The summed E-state index contributed by atoms with van der Waals surface area (Å²) in [6.45, 7) is 1.64. The van der Waals surface area contributed by atoms with Crippen LogP contribution in [0.4, 0.5) is 4.39 Å². The zero-order valence-corrected chi connectivity index (χ0v) is 18.2. The van der Waals surface area contributed by atoms with Crippen LogP contribution in [0.5, 0.6) is 11.5 Å². The predicted octanol–water partition coefficient (Wildman–Crippen LogP) is 3.64. The summed E-state index contributed by atoms with van der Waals surface area (Å²) < 4.78 is 27.4. The number of thioether (sulfide) groups is 1. The molecule has 0 spiro atoms. The van der Waals surface area contributed by atoms with Gasteiger partial charge in [0.15, 0.2) is 22.5 Å². The molecule has 1 N–H and O–H groups in total. The average molecular weight is 455 g/mol. The number of aromatic nitrogens is 3. The van der Waals surface area contributed by atoms with Gasteiger partial charge < -0.3 is 14.8 Å². The minimum absolute atomic E-state index is 0.0784. The van der Waals surface area contributed by atoms with Crippen molar-refractivity contribution in [2.24, 2.45) is 0 Å². The van der Waals surface area contributed by atoms with Gasteiger partial charge in [0.05, 0.1) is 11.3 Å². The second-order valence-corrected chi connectivity index (χ2v) is 8.70. The van der Waals surface area contributed by atoms with E-state index in [1.807, 2.05) is 22.8 Å². The zero-order chi connectivity index (χ0) is 21.9. The lowest BCUT2D eigenvalue weighted by Gasteiger charge is -2.18. The van der Waals surface area contributed by atoms with Gasteiger partial charge in [-0.15, -0.1) is 10.2 Å². The summed E-state index contributed by atoms with van der Waals surface area (Å²) in [5.74, 6) is 1.85. The Bertz CT molecular complexity index is 1130. The van der Waals surface area contributed by atoms with Gasteiger partial charge in [0.2, 0.25) is 5.91 Å². The van der Waals surface area contributed by atoms with Crippen LogP contribution >= 0.6 is 11.8 Å². The molecule has 1 aromatic heterocycles. The number of nitrogens with one attached hydrogen (secondary N) is 1. The van der Waals surface area contributed by atoms with E-state index in [2.05, 4.69) is 15.5 Å². The van der Waals surface area contributed by atoms with Gasteiger partial charge in [-0.3, -0.25) is 9.36 Å². The molecule has 0 bridgehead atoms. The molecule has 0 atom stereocenters. The second kappa shape index (κ2) is 9.20. The van der Waals surface area contributed by atoms with Crippen LogP contribution in [-0.2, 0) is 11.2 Å². The molecule has 3 aromatic rings. The van der Waals surface area contributed by atoms with Crippen LogP contribution in [0.1, 0.15) is 24.4 Å². The van der Waals surface area contributed by atoms with Gasteiger partial charge in [-0.05, 0) is 49.1 Å². The van der Waals surface area contributed by atoms with Crippen molar-refractivity contribution in [3.05, 3.63) is 53.8 Å². The SMILES string of the molecule is O=C(CSc1nnc(-c2ccccc2F)n1C1CC1)NCCc1ccc2c(c1)OCCO2. The van der Waals surface area contributed by atoms with Crippen molar-refractivity contribution >= 4 is 17.7 Å². The van der Waals surface area contributed by atoms with Crippen LogP contribution in [-0.4, -0.2) is 46.2 Å². The van der Waals surface area contributed by atoms with E-state index in [4.69, 9.17) is 9.47 Å². The van der Waals surface area contributed by atoms with Crippen molar-refractivity contribution < 1.29 is 18.7 Å². The van der Waals surface area contributed by atoms with Gasteiger partial charge >= 0.3 is 0 Å². The van der Waals surface area contributed by atoms with E-state index in [1.165, 1.54) is 17.8 Å². The Morgan fingerprint density at radius 1 is 1.12 bits per heavy atom. The molecule has 1 amide bonds. The summed E-state index contributed by atoms with van der Waals surface area (Å²) >= 11 is 1.33. The lowest BCUT2D eigenvalue weighted by molar-refractivity contribution is -0.118. The fourth-order valence-electron chi connectivity index (χ4n) is 3.63. The van der Waals surface area contributed by atoms with Crippen molar-refractivity contribution in [1.82, 2.24) is 20.1 Å². The van der Waals surface area contributed by atoms with Gasteiger partial charge in [-0.1, -0.05) is 30.0 Å². The molecule has 1 saturated carbocycles. The molecule has 2 aromatic carbocycles. The predicted molar refractivity (Wildman–Crippen MR) is 119 cm³/mol. The highest BCUT2D eigenvalue weighted by molar-refractivity contribution is 7.99. The molecule has 9 heteroatoms. The van der Waals surface area contributed by atoms with Crippen LogP contribution in [0.2, 0.25) is 0 Å². The molecule has 5 rings (SSSR count). The van der Waals surface area contributed by atoms with Crippen LogP contribution < -0.4 is 14.8 Å². The first-order chi connectivity index (χ1) is 15.7. The van der Waals surface area contributed by atoms with E-state index in [1.54, 1.807) is 18.2 Å². The Morgan fingerprint density at radius 3 is 2.75 bits per heavy atom. The van der Waals surface area contributed by atoms with E-state index < -0.39 is 0 Å². The topological polar surface area (TPSA) is 78.3 Å². The molecule has 0 radical (unpaired) electrons. The lowest BCUT2D eigenvalue weighted by Crippen LogP contribution is -2.27. The minimum Gasteiger partial charge on any atom is -0.486 e. The summed E-state index contributed by atoms with van der Waals surface area (Å²) in [6.07, 6.45) is 2.71. The summed E-state index contributed by atoms with van der Waals surface area (Å²) in [4.78, 5) is 12.4. The highest BCUT2D eigenvalue weighted by Crippen LogP contribution is 2.41. The molecule has 2 heterocycles. The van der Waals surface area contributed by atoms with Crippen LogP contribution in [0.3, 0.4) is 0 Å². The Hall–Kier alpha value is -3.07. The maximum absolute atomic E-state index is 14.3. The fraction of sp³-hybridized carbons (Fsp3) is 0.348. The summed E-state index contributed by atoms with van der Waals surface area (Å²) in [5.41, 5.74) is 1.51. The molecule has 1 aliphatic heterocycles. The van der Waals surface area contributed by atoms with Gasteiger partial charge in [-0.25, -0.2) is 4.39 Å². The first-order valence-electron chi connectivity index (χ1n) is 10.7. The third-order valence-electron chi connectivity index (χ3n) is 5.37. The Labute approximate surface area is 189 Å². The molecular weight excluding hydrogens is 431 g/mol. The summed E-state index contributed by atoms with van der Waals surface area (Å²) in [6, 6.07) is 12.7. The van der Waals surface area contributed by atoms with Crippen molar-refractivity contribution in [2.75, 3.05) is 25.5 Å². The van der Waals surface area contributed by atoms with Crippen LogP contribution in [0.15, 0.2) is 47.6 Å². The van der Waals surface area contributed by atoms with E-state index in [9.17, 15) is 9.18 Å². The summed E-state index contributed by atoms with van der Waals surface area (Å²) in [7, 11) is 0. The van der Waals surface area contributed by atoms with E-state index in [-0.39, 0.29) is 23.5 Å². The molecule has 0 unspecified atom stereocenters. The number of nitrogens with zero attached hydrogens (tertiary/aromatic N) is 3. The van der Waals surface area contributed by atoms with E-state index in [0.717, 1.165) is 29.9 Å². The Morgan fingerprint density at radius 2 is 1.94 bits per heavy atom. The van der Waals surface area contributed by atoms with Gasteiger partial charge in [0.1, 0.15) is 19.0 Å². The van der Waals surface area contributed by atoms with Gasteiger partial charge in [0.25, 0.3) is 0 Å². The van der Waals surface area contributed by atoms with E-state index >= 15 is 0 Å². The minimum atomic E-state index is -0.324. The number of amides is 1. The maximum atomic E-state index is 14.3. The van der Waals surface area contributed by atoms with Crippen LogP contribution in [0.25, 0.3) is 11.4 Å². The van der Waals surface area contributed by atoms with Crippen molar-refractivity contribution in [1.29, 1.82) is 0 Å². The number of benzene rings is 2. The lowest BCUT2D eigenvalue weighted by atomic mass is 10.1. The number of ether oxygens (including phenoxy) is 2. The molecule has 0 saturated heterocycles. The van der Waals surface area contributed by atoms with Crippen molar-refractivity contribution in [2.45, 2.75) is 30.5 Å². The normalized spacial score (nSPS) is 14.9. The van der Waals surface area contributed by atoms with Gasteiger partial charge in [0, 0.05) is 12.6 Å². The number of hydrogen-bond donors (Lipinski definition) is 1. The molecule has 1 aliphatic carbocycles. The van der Waals surface area contributed by atoms with Crippen molar-refractivity contribution in [3.8, 4) is 22.9 Å². The third kappa shape index (κ3) is 4.57. The number of hydrogen-bond acceptors (Lipinski definition) is 6. The van der Waals surface area contributed by atoms with Gasteiger partial charge in [-0.2, -0.15) is 0 Å². The maximum Gasteiger partial charge on any atom is 0.230 e. The Balaban J connectivity index is 1.17. The number of halogens is 1. The Kier molecular flexibility index (Phi) is 5.98. The molecular formula is C23H23FN4O3S. The fourth-order valence-corrected chi connectivity index (χ4v) is 4.47. The molecule has 32 heavy (non-hydrogen) atoms. The van der Waals surface area contributed by atoms with E-state index in [0.29, 0.717) is 42.7 Å². The zero-order valence-electron chi connectivity index (χ0n) is 17.4. The highest BCUT2D eigenvalue weighted by atomic mass is 32.2. The van der Waals surface area contributed by atoms with Crippen molar-refractivity contribution in [3.63, 3.8) is 0 Å². The van der Waals surface area contributed by atoms with Crippen LogP contribution in [0, 0.1) is 5.82 Å². The first-order valence-corrected chi connectivity index (χ1v) is 11.7. The second-order valence-electron chi connectivity index (χ2n) is 7.75. The number of fused-ring (bicyclic) bond motifs is 1. The first kappa shape index (κ1) is 20.8. The molecule has 2 aliphatic rings. The molecule has 1 fully saturated rings. The number of carbonyl (C=O) groups is 1. The largest absolute Gasteiger partial charge is 0.486 e.